The van der Waals surface area contributed by atoms with Crippen LogP contribution in [-0.4, -0.2) is 29.6 Å². The van der Waals surface area contributed by atoms with Crippen LogP contribution >= 0.6 is 11.6 Å². The van der Waals surface area contributed by atoms with Crippen molar-refractivity contribution in [2.24, 2.45) is 0 Å². The number of carbonyl (C=O) groups excluding carboxylic acids is 1. The fourth-order valence-corrected chi connectivity index (χ4v) is 2.91. The molecule has 1 N–H and O–H groups in total. The van der Waals surface area contributed by atoms with Crippen LogP contribution in [0.2, 0.25) is 5.15 Å². The van der Waals surface area contributed by atoms with Gasteiger partial charge in [0.1, 0.15) is 5.15 Å². The van der Waals surface area contributed by atoms with Crippen molar-refractivity contribution in [2.45, 2.75) is 31.9 Å². The smallest absolute Gasteiger partial charge is 0.252 e. The Balaban J connectivity index is 1.87. The number of pyridine rings is 1. The number of hydrogen-bond donors (Lipinski definition) is 1. The molecule has 2 aromatic rings. The molecule has 1 saturated heterocycles. The molecule has 2 heterocycles. The first-order valence-corrected chi connectivity index (χ1v) is 7.50. The Hall–Kier alpha value is -1.65. The summed E-state index contributed by atoms with van der Waals surface area (Å²) in [4.78, 5) is 16.8. The van der Waals surface area contributed by atoms with Crippen molar-refractivity contribution >= 4 is 28.4 Å². The molecule has 2 atom stereocenters. The molecular formula is C16H17ClN2O2. The Bertz CT molecular complexity index is 668. The van der Waals surface area contributed by atoms with E-state index in [-0.39, 0.29) is 18.1 Å². The normalized spacial score (nSPS) is 19.6. The highest BCUT2D eigenvalue weighted by atomic mass is 35.5. The zero-order chi connectivity index (χ0) is 14.8. The maximum absolute atomic E-state index is 12.5. The Kier molecular flexibility index (Phi) is 4.08. The SMILES string of the molecule is CC(NC(=O)c1cc(Cl)nc2ccccc12)C1CCCO1. The van der Waals surface area contributed by atoms with Crippen LogP contribution in [0.4, 0.5) is 0 Å². The summed E-state index contributed by atoms with van der Waals surface area (Å²) in [5, 5.41) is 4.13. The molecule has 0 spiro atoms. The number of para-hydroxylation sites is 1. The lowest BCUT2D eigenvalue weighted by Gasteiger charge is -2.20. The second-order valence-corrected chi connectivity index (χ2v) is 5.71. The van der Waals surface area contributed by atoms with Gasteiger partial charge in [0.05, 0.1) is 23.2 Å². The highest BCUT2D eigenvalue weighted by Gasteiger charge is 2.24. The molecule has 21 heavy (non-hydrogen) atoms. The van der Waals surface area contributed by atoms with E-state index in [1.807, 2.05) is 31.2 Å². The molecule has 0 saturated carbocycles. The molecule has 110 valence electrons. The first-order chi connectivity index (χ1) is 10.1. The van der Waals surface area contributed by atoms with Crippen LogP contribution in [0.25, 0.3) is 10.9 Å². The number of nitrogens with zero attached hydrogens (tertiary/aromatic N) is 1. The van der Waals surface area contributed by atoms with Crippen molar-refractivity contribution in [3.63, 3.8) is 0 Å². The molecular weight excluding hydrogens is 288 g/mol. The Morgan fingerprint density at radius 1 is 1.48 bits per heavy atom. The molecule has 0 bridgehead atoms. The van der Waals surface area contributed by atoms with E-state index in [1.54, 1.807) is 6.07 Å². The summed E-state index contributed by atoms with van der Waals surface area (Å²) in [6.07, 6.45) is 2.13. The van der Waals surface area contributed by atoms with E-state index in [0.717, 1.165) is 30.4 Å². The summed E-state index contributed by atoms with van der Waals surface area (Å²) in [5.74, 6) is -0.140. The summed E-state index contributed by atoms with van der Waals surface area (Å²) in [7, 11) is 0. The summed E-state index contributed by atoms with van der Waals surface area (Å²) in [5.41, 5.74) is 1.27. The van der Waals surface area contributed by atoms with Gasteiger partial charge < -0.3 is 10.1 Å². The van der Waals surface area contributed by atoms with Crippen LogP contribution in [0.5, 0.6) is 0 Å². The average Bonchev–Trinajstić information content (AvgIpc) is 3.00. The predicted molar refractivity (Wildman–Crippen MR) is 82.7 cm³/mol. The van der Waals surface area contributed by atoms with E-state index >= 15 is 0 Å². The van der Waals surface area contributed by atoms with Crippen LogP contribution in [0.3, 0.4) is 0 Å². The predicted octanol–water partition coefficient (Wildman–Crippen LogP) is 3.19. The number of amides is 1. The van der Waals surface area contributed by atoms with Gasteiger partial charge >= 0.3 is 0 Å². The van der Waals surface area contributed by atoms with Crippen molar-refractivity contribution in [1.29, 1.82) is 0 Å². The van der Waals surface area contributed by atoms with E-state index in [0.29, 0.717) is 10.7 Å². The molecule has 5 heteroatoms. The zero-order valence-electron chi connectivity index (χ0n) is 11.8. The standard InChI is InChI=1S/C16H17ClN2O2/c1-10(14-7-4-8-21-14)18-16(20)12-9-15(17)19-13-6-3-2-5-11(12)13/h2-3,5-6,9-10,14H,4,7-8H2,1H3,(H,18,20). The number of benzene rings is 1. The van der Waals surface area contributed by atoms with Crippen LogP contribution in [0, 0.1) is 0 Å². The molecule has 1 aliphatic heterocycles. The lowest BCUT2D eigenvalue weighted by molar-refractivity contribution is 0.0713. The number of carbonyl (C=O) groups is 1. The van der Waals surface area contributed by atoms with Gasteiger partial charge in [-0.25, -0.2) is 4.98 Å². The van der Waals surface area contributed by atoms with Crippen LogP contribution in [0.1, 0.15) is 30.1 Å². The van der Waals surface area contributed by atoms with Crippen LogP contribution < -0.4 is 5.32 Å². The highest BCUT2D eigenvalue weighted by Crippen LogP contribution is 2.21. The first-order valence-electron chi connectivity index (χ1n) is 7.13. The molecule has 1 fully saturated rings. The third-order valence-corrected chi connectivity index (χ3v) is 4.00. The number of halogens is 1. The van der Waals surface area contributed by atoms with E-state index in [9.17, 15) is 4.79 Å². The number of ether oxygens (including phenoxy) is 1. The lowest BCUT2D eigenvalue weighted by atomic mass is 10.1. The first kappa shape index (κ1) is 14.3. The van der Waals surface area contributed by atoms with Crippen LogP contribution in [0.15, 0.2) is 30.3 Å². The van der Waals surface area contributed by atoms with E-state index < -0.39 is 0 Å². The molecule has 3 rings (SSSR count). The van der Waals surface area contributed by atoms with Crippen molar-refractivity contribution < 1.29 is 9.53 Å². The monoisotopic (exact) mass is 304 g/mol. The van der Waals surface area contributed by atoms with Gasteiger partial charge in [0.25, 0.3) is 5.91 Å². The van der Waals surface area contributed by atoms with Crippen molar-refractivity contribution in [3.05, 3.63) is 41.0 Å². The minimum Gasteiger partial charge on any atom is -0.376 e. The Labute approximate surface area is 128 Å². The van der Waals surface area contributed by atoms with E-state index in [1.165, 1.54) is 0 Å². The molecule has 4 nitrogen and oxygen atoms in total. The van der Waals surface area contributed by atoms with Crippen molar-refractivity contribution in [1.82, 2.24) is 10.3 Å². The molecule has 2 unspecified atom stereocenters. The second kappa shape index (κ2) is 6.00. The Morgan fingerprint density at radius 3 is 3.05 bits per heavy atom. The number of nitrogens with one attached hydrogen (secondary N) is 1. The quantitative estimate of drug-likeness (QED) is 0.886. The maximum Gasteiger partial charge on any atom is 0.252 e. The molecule has 0 radical (unpaired) electrons. The molecule has 0 aliphatic carbocycles. The van der Waals surface area contributed by atoms with E-state index in [2.05, 4.69) is 10.3 Å². The highest BCUT2D eigenvalue weighted by molar-refractivity contribution is 6.30. The Morgan fingerprint density at radius 2 is 2.29 bits per heavy atom. The lowest BCUT2D eigenvalue weighted by Crippen LogP contribution is -2.40. The molecule has 1 aromatic heterocycles. The number of fused-ring (bicyclic) bond motifs is 1. The molecule has 1 aliphatic rings. The summed E-state index contributed by atoms with van der Waals surface area (Å²) >= 11 is 6.02. The topological polar surface area (TPSA) is 51.2 Å². The molecule has 1 aromatic carbocycles. The van der Waals surface area contributed by atoms with Gasteiger partial charge in [0.2, 0.25) is 0 Å². The maximum atomic E-state index is 12.5. The van der Waals surface area contributed by atoms with Gasteiger partial charge in [0, 0.05) is 12.0 Å². The van der Waals surface area contributed by atoms with Crippen LogP contribution in [-0.2, 0) is 4.74 Å². The number of aromatic nitrogens is 1. The third kappa shape index (κ3) is 3.01. The summed E-state index contributed by atoms with van der Waals surface area (Å²) in [6, 6.07) is 9.08. The minimum absolute atomic E-state index is 0.0225. The largest absolute Gasteiger partial charge is 0.376 e. The van der Waals surface area contributed by atoms with Gasteiger partial charge in [-0.15, -0.1) is 0 Å². The van der Waals surface area contributed by atoms with Gasteiger partial charge in [0.15, 0.2) is 0 Å². The van der Waals surface area contributed by atoms with Gasteiger partial charge in [-0.1, -0.05) is 29.8 Å². The van der Waals surface area contributed by atoms with Crippen molar-refractivity contribution in [3.8, 4) is 0 Å². The second-order valence-electron chi connectivity index (χ2n) is 5.32. The van der Waals surface area contributed by atoms with Gasteiger partial charge in [-0.3, -0.25) is 4.79 Å². The number of hydrogen-bond acceptors (Lipinski definition) is 3. The minimum atomic E-state index is -0.140. The average molecular weight is 305 g/mol. The fourth-order valence-electron chi connectivity index (χ4n) is 2.71. The van der Waals surface area contributed by atoms with E-state index in [4.69, 9.17) is 16.3 Å². The van der Waals surface area contributed by atoms with Crippen molar-refractivity contribution in [2.75, 3.05) is 6.61 Å². The fraction of sp³-hybridized carbons (Fsp3) is 0.375. The van der Waals surface area contributed by atoms with Gasteiger partial charge in [-0.2, -0.15) is 0 Å². The molecule has 1 amide bonds. The third-order valence-electron chi connectivity index (χ3n) is 3.81. The summed E-state index contributed by atoms with van der Waals surface area (Å²) in [6.45, 7) is 2.74. The number of rotatable bonds is 3. The summed E-state index contributed by atoms with van der Waals surface area (Å²) < 4.78 is 5.61. The zero-order valence-corrected chi connectivity index (χ0v) is 12.6. The van der Waals surface area contributed by atoms with Gasteiger partial charge in [-0.05, 0) is 31.9 Å².